The lowest BCUT2D eigenvalue weighted by atomic mass is 9.84. The van der Waals surface area contributed by atoms with Gasteiger partial charge in [-0.1, -0.05) is 59.3 Å². The van der Waals surface area contributed by atoms with Crippen LogP contribution in [0.3, 0.4) is 0 Å². The highest BCUT2D eigenvalue weighted by molar-refractivity contribution is 5.85. The highest BCUT2D eigenvalue weighted by Crippen LogP contribution is 2.38. The Balaban J connectivity index is 2.01. The minimum absolute atomic E-state index is 0.00740. The van der Waals surface area contributed by atoms with Gasteiger partial charge in [-0.25, -0.2) is 4.79 Å². The minimum atomic E-state index is -1.84. The maximum Gasteiger partial charge on any atom is 0.329 e. The van der Waals surface area contributed by atoms with Gasteiger partial charge in [0.2, 0.25) is 5.91 Å². The number of nitrogens with zero attached hydrogens (tertiary/aromatic N) is 1. The number of fused-ring (bicyclic) bond motifs is 3. The summed E-state index contributed by atoms with van der Waals surface area (Å²) < 4.78 is 12.4. The number of aliphatic hydroxyl groups is 7. The van der Waals surface area contributed by atoms with Crippen LogP contribution in [-0.2, 0) is 19.1 Å². The van der Waals surface area contributed by atoms with Crippen LogP contribution in [-0.4, -0.2) is 120 Å². The van der Waals surface area contributed by atoms with Gasteiger partial charge in [-0.3, -0.25) is 4.79 Å². The van der Waals surface area contributed by atoms with Crippen LogP contribution >= 0.6 is 0 Å². The number of rotatable bonds is 4. The van der Waals surface area contributed by atoms with Crippen molar-refractivity contribution in [1.29, 1.82) is 0 Å². The molecule has 2 bridgehead atoms. The molecule has 0 aromatic rings. The van der Waals surface area contributed by atoms with Crippen molar-refractivity contribution in [3.8, 4) is 0 Å². The van der Waals surface area contributed by atoms with E-state index in [0.717, 1.165) is 16.7 Å². The fourth-order valence-corrected chi connectivity index (χ4v) is 8.86. The van der Waals surface area contributed by atoms with E-state index in [0.29, 0.717) is 50.6 Å². The first-order valence-electron chi connectivity index (χ1n) is 21.6. The Morgan fingerprint density at radius 1 is 0.947 bits per heavy atom. The first-order valence-corrected chi connectivity index (χ1v) is 21.6. The molecule has 0 aromatic heterocycles. The zero-order valence-electron chi connectivity index (χ0n) is 36.4. The van der Waals surface area contributed by atoms with Crippen molar-refractivity contribution in [1.82, 2.24) is 4.90 Å². The molecule has 0 aromatic carbocycles. The van der Waals surface area contributed by atoms with E-state index < -0.39 is 84.4 Å². The minimum Gasteiger partial charge on any atom is -0.456 e. The Morgan fingerprint density at radius 2 is 1.60 bits per heavy atom. The Bertz CT molecular complexity index is 1410. The summed E-state index contributed by atoms with van der Waals surface area (Å²) in [6.45, 7) is 19.0. The van der Waals surface area contributed by atoms with Crippen LogP contribution in [0.5, 0.6) is 0 Å². The van der Waals surface area contributed by atoms with Crippen LogP contribution in [0.15, 0.2) is 34.4 Å². The summed E-state index contributed by atoms with van der Waals surface area (Å²) in [5.74, 6) is -4.25. The number of amides is 1. The van der Waals surface area contributed by atoms with Crippen molar-refractivity contribution in [3.63, 3.8) is 0 Å². The number of ether oxygens (including phenoxy) is 2. The van der Waals surface area contributed by atoms with Crippen molar-refractivity contribution in [3.05, 3.63) is 34.4 Å². The van der Waals surface area contributed by atoms with Crippen LogP contribution in [0.1, 0.15) is 140 Å². The summed E-state index contributed by atoms with van der Waals surface area (Å²) in [6.07, 6.45) is 0.245. The first kappa shape index (κ1) is 49.2. The van der Waals surface area contributed by atoms with Crippen molar-refractivity contribution in [2.24, 2.45) is 29.6 Å². The van der Waals surface area contributed by atoms with Gasteiger partial charge in [0.25, 0.3) is 0 Å². The van der Waals surface area contributed by atoms with E-state index in [9.17, 15) is 45.3 Å². The second-order valence-electron chi connectivity index (χ2n) is 18.1. The molecule has 0 spiro atoms. The molecule has 15 atom stereocenters. The summed E-state index contributed by atoms with van der Waals surface area (Å²) in [5, 5.41) is 77.7. The van der Waals surface area contributed by atoms with Gasteiger partial charge in [0.15, 0.2) is 5.79 Å². The molecule has 1 amide bonds. The molecule has 0 saturated carbocycles. The highest BCUT2D eigenvalue weighted by atomic mass is 16.6. The summed E-state index contributed by atoms with van der Waals surface area (Å²) in [7, 11) is 0. The van der Waals surface area contributed by atoms with Gasteiger partial charge in [0, 0.05) is 37.1 Å². The maximum atomic E-state index is 14.1. The van der Waals surface area contributed by atoms with E-state index in [1.165, 1.54) is 4.90 Å². The lowest BCUT2D eigenvalue weighted by Crippen LogP contribution is -2.52. The SMILES string of the molecule is CC/C1=C\CC(/C(C)=C(\C)C(C)C(C)O)OC(=O)C2CCCN2C(=O)CC2(O)OC(CCC2C)CC(O)C(C)C(O)CC(O)CC(O)/C(C)=C/C(C)CC(C)C1O. The monoisotopic (exact) mass is 808 g/mol. The quantitative estimate of drug-likeness (QED) is 0.148. The average molecular weight is 808 g/mol. The third-order valence-electron chi connectivity index (χ3n) is 13.5. The summed E-state index contributed by atoms with van der Waals surface area (Å²) in [6, 6.07) is -0.862. The van der Waals surface area contributed by atoms with Crippen LogP contribution in [0, 0.1) is 29.6 Å². The zero-order valence-corrected chi connectivity index (χ0v) is 36.4. The molecule has 2 saturated heterocycles. The number of allylic oxidation sites excluding steroid dienone is 1. The first-order chi connectivity index (χ1) is 26.6. The van der Waals surface area contributed by atoms with Crippen molar-refractivity contribution in [2.45, 2.75) is 201 Å². The summed E-state index contributed by atoms with van der Waals surface area (Å²) in [4.78, 5) is 29.5. The average Bonchev–Trinajstić information content (AvgIpc) is 3.64. The molecule has 15 unspecified atom stereocenters. The van der Waals surface area contributed by atoms with E-state index in [2.05, 4.69) is 0 Å². The number of hydrogen-bond acceptors (Lipinski definition) is 11. The van der Waals surface area contributed by atoms with Crippen molar-refractivity contribution < 1.29 is 54.8 Å². The van der Waals surface area contributed by atoms with E-state index in [1.54, 1.807) is 20.8 Å². The Labute approximate surface area is 342 Å². The molecule has 57 heavy (non-hydrogen) atoms. The standard InChI is InChI=1S/C45H77NO11/c1-11-34-15-17-41(31(8)29(6)30(7)33(10)47)56-44(54)37-13-12-18-46(37)42(52)24-45(55)28(5)14-16-36(57-45)23-40(51)32(9)39(50)22-35(48)21-38(49)26(3)19-25(2)20-27(4)43(34)53/h15,19,25,27-28,30,32-33,35-41,43,47-51,53,55H,11-14,16-18,20-24H2,1-10H3/b26-19+,31-29+,34-15+. The number of cyclic esters (lactones) is 1. The Hall–Kier alpha value is -2.16. The van der Waals surface area contributed by atoms with Gasteiger partial charge in [0.05, 0.1) is 49.1 Å². The number of carbonyl (C=O) groups excluding carboxylic acids is 2. The number of aliphatic hydroxyl groups excluding tert-OH is 6. The lowest BCUT2D eigenvalue weighted by molar-refractivity contribution is -0.285. The molecule has 3 rings (SSSR count). The van der Waals surface area contributed by atoms with Gasteiger partial charge in [-0.15, -0.1) is 0 Å². The molecule has 328 valence electrons. The van der Waals surface area contributed by atoms with Gasteiger partial charge in [0.1, 0.15) is 12.1 Å². The van der Waals surface area contributed by atoms with Gasteiger partial charge >= 0.3 is 5.97 Å². The lowest BCUT2D eigenvalue weighted by Gasteiger charge is -2.43. The van der Waals surface area contributed by atoms with E-state index >= 15 is 0 Å². The number of carbonyl (C=O) groups is 2. The van der Waals surface area contributed by atoms with Gasteiger partial charge in [-0.05, 0) is 108 Å². The molecular formula is C45H77NO11. The maximum absolute atomic E-state index is 14.1. The van der Waals surface area contributed by atoms with Crippen LogP contribution in [0.25, 0.3) is 0 Å². The topological polar surface area (TPSA) is 197 Å². The molecule has 12 heteroatoms. The Kier molecular flexibility index (Phi) is 18.9. The largest absolute Gasteiger partial charge is 0.456 e. The number of hydrogen-bond donors (Lipinski definition) is 7. The molecule has 3 heterocycles. The molecule has 3 aliphatic rings. The normalized spacial score (nSPS) is 41.3. The molecular weight excluding hydrogens is 730 g/mol. The third kappa shape index (κ3) is 13.4. The highest BCUT2D eigenvalue weighted by Gasteiger charge is 2.47. The fraction of sp³-hybridized carbons (Fsp3) is 0.822. The third-order valence-corrected chi connectivity index (χ3v) is 13.5. The second kappa shape index (κ2) is 21.9. The second-order valence-corrected chi connectivity index (χ2v) is 18.1. The molecule has 0 aliphatic carbocycles. The smallest absolute Gasteiger partial charge is 0.329 e. The van der Waals surface area contributed by atoms with Crippen LogP contribution in [0.2, 0.25) is 0 Å². The summed E-state index contributed by atoms with van der Waals surface area (Å²) >= 11 is 0. The summed E-state index contributed by atoms with van der Waals surface area (Å²) in [5.41, 5.74) is 3.16. The molecule has 0 radical (unpaired) electrons. The van der Waals surface area contributed by atoms with E-state index in [4.69, 9.17) is 9.47 Å². The molecule has 12 nitrogen and oxygen atoms in total. The van der Waals surface area contributed by atoms with Gasteiger partial charge < -0.3 is 50.1 Å². The van der Waals surface area contributed by atoms with Crippen LogP contribution in [0.4, 0.5) is 0 Å². The van der Waals surface area contributed by atoms with Crippen molar-refractivity contribution in [2.75, 3.05) is 6.54 Å². The predicted octanol–water partition coefficient (Wildman–Crippen LogP) is 5.10. The molecule has 3 aliphatic heterocycles. The van der Waals surface area contributed by atoms with Crippen molar-refractivity contribution >= 4 is 11.9 Å². The fourth-order valence-electron chi connectivity index (χ4n) is 8.86. The van der Waals surface area contributed by atoms with Crippen LogP contribution < -0.4 is 0 Å². The zero-order chi connectivity index (χ0) is 42.9. The Morgan fingerprint density at radius 3 is 2.23 bits per heavy atom. The van der Waals surface area contributed by atoms with Gasteiger partial charge in [-0.2, -0.15) is 0 Å². The van der Waals surface area contributed by atoms with E-state index in [1.807, 2.05) is 60.6 Å². The predicted molar refractivity (Wildman–Crippen MR) is 219 cm³/mol. The number of esters is 1. The molecule has 2 fully saturated rings. The molecule has 7 N–H and O–H groups in total. The van der Waals surface area contributed by atoms with E-state index in [-0.39, 0.29) is 49.9 Å².